The summed E-state index contributed by atoms with van der Waals surface area (Å²) >= 11 is 0. The van der Waals surface area contributed by atoms with Crippen molar-refractivity contribution in [2.24, 2.45) is 17.8 Å². The Balaban J connectivity index is 1.70. The maximum Gasteiger partial charge on any atom is 0.0598 e. The third kappa shape index (κ3) is 1.64. The van der Waals surface area contributed by atoms with E-state index in [0.29, 0.717) is 0 Å². The average molecular weight is 169 g/mol. The highest BCUT2D eigenvalue weighted by Crippen LogP contribution is 2.48. The van der Waals surface area contributed by atoms with Crippen LogP contribution in [0, 0.1) is 17.8 Å². The van der Waals surface area contributed by atoms with Crippen LogP contribution in [0.5, 0.6) is 0 Å². The first-order valence-corrected chi connectivity index (χ1v) is 4.92. The van der Waals surface area contributed by atoms with Gasteiger partial charge in [0.25, 0.3) is 0 Å². The quantitative estimate of drug-likeness (QED) is 0.672. The zero-order chi connectivity index (χ0) is 8.77. The van der Waals surface area contributed by atoms with E-state index in [-0.39, 0.29) is 5.60 Å². The fraction of sp³-hybridized carbons (Fsp3) is 1.00. The van der Waals surface area contributed by atoms with Crippen molar-refractivity contribution in [3.63, 3.8) is 0 Å². The molecule has 0 amide bonds. The van der Waals surface area contributed by atoms with E-state index in [9.17, 15) is 0 Å². The van der Waals surface area contributed by atoms with Crippen LogP contribution in [0.1, 0.15) is 20.8 Å². The second kappa shape index (κ2) is 2.71. The summed E-state index contributed by atoms with van der Waals surface area (Å²) in [6.07, 6.45) is 0. The maximum atomic E-state index is 5.76. The van der Waals surface area contributed by atoms with E-state index in [1.165, 1.54) is 13.1 Å². The van der Waals surface area contributed by atoms with Crippen molar-refractivity contribution in [3.8, 4) is 0 Å². The molecule has 2 nitrogen and oxygen atoms in total. The summed E-state index contributed by atoms with van der Waals surface area (Å²) in [5, 5.41) is 3.39. The second-order valence-electron chi connectivity index (χ2n) is 5.07. The van der Waals surface area contributed by atoms with Crippen LogP contribution in [-0.4, -0.2) is 25.3 Å². The van der Waals surface area contributed by atoms with E-state index in [1.54, 1.807) is 0 Å². The van der Waals surface area contributed by atoms with Crippen molar-refractivity contribution in [1.82, 2.24) is 5.32 Å². The van der Waals surface area contributed by atoms with Crippen LogP contribution in [0.15, 0.2) is 0 Å². The molecule has 12 heavy (non-hydrogen) atoms. The highest BCUT2D eigenvalue weighted by molar-refractivity contribution is 5.03. The highest BCUT2D eigenvalue weighted by atomic mass is 16.5. The average Bonchev–Trinajstić information content (AvgIpc) is 2.41. The Hall–Kier alpha value is -0.0800. The summed E-state index contributed by atoms with van der Waals surface area (Å²) in [6.45, 7) is 9.81. The number of rotatable bonds is 2. The first-order valence-electron chi connectivity index (χ1n) is 4.92. The van der Waals surface area contributed by atoms with Gasteiger partial charge in [0.15, 0.2) is 0 Å². The summed E-state index contributed by atoms with van der Waals surface area (Å²) in [5.74, 6) is 2.74. The SMILES string of the molecule is CC(C)(C)OC[C@H]1[C@@H]2CNC[C@@H]21. The van der Waals surface area contributed by atoms with Crippen LogP contribution < -0.4 is 5.32 Å². The van der Waals surface area contributed by atoms with Gasteiger partial charge in [-0.1, -0.05) is 0 Å². The van der Waals surface area contributed by atoms with E-state index in [1.807, 2.05) is 0 Å². The van der Waals surface area contributed by atoms with Gasteiger partial charge >= 0.3 is 0 Å². The molecule has 1 saturated carbocycles. The predicted octanol–water partition coefficient (Wildman–Crippen LogP) is 1.27. The highest BCUT2D eigenvalue weighted by Gasteiger charge is 2.52. The molecule has 2 aliphatic rings. The summed E-state index contributed by atoms with van der Waals surface area (Å²) < 4.78 is 5.76. The maximum absolute atomic E-state index is 5.76. The fourth-order valence-corrected chi connectivity index (χ4v) is 2.14. The zero-order valence-electron chi connectivity index (χ0n) is 8.26. The van der Waals surface area contributed by atoms with E-state index in [2.05, 4.69) is 26.1 Å². The van der Waals surface area contributed by atoms with Crippen molar-refractivity contribution in [2.75, 3.05) is 19.7 Å². The van der Waals surface area contributed by atoms with Gasteiger partial charge in [0.2, 0.25) is 0 Å². The van der Waals surface area contributed by atoms with Gasteiger partial charge in [0, 0.05) is 0 Å². The van der Waals surface area contributed by atoms with Crippen LogP contribution in [0.3, 0.4) is 0 Å². The fourth-order valence-electron chi connectivity index (χ4n) is 2.14. The topological polar surface area (TPSA) is 21.3 Å². The largest absolute Gasteiger partial charge is 0.376 e. The Labute approximate surface area is 74.7 Å². The minimum Gasteiger partial charge on any atom is -0.376 e. The Kier molecular flexibility index (Phi) is 1.92. The molecular weight excluding hydrogens is 150 g/mol. The van der Waals surface area contributed by atoms with Crippen LogP contribution in [0.25, 0.3) is 0 Å². The molecule has 2 rings (SSSR count). The van der Waals surface area contributed by atoms with Gasteiger partial charge in [-0.05, 0) is 51.6 Å². The van der Waals surface area contributed by atoms with Crippen LogP contribution >= 0.6 is 0 Å². The smallest absolute Gasteiger partial charge is 0.0598 e. The van der Waals surface area contributed by atoms with Gasteiger partial charge in [-0.15, -0.1) is 0 Å². The second-order valence-corrected chi connectivity index (χ2v) is 5.07. The number of ether oxygens (including phenoxy) is 1. The Morgan fingerprint density at radius 3 is 2.33 bits per heavy atom. The Morgan fingerprint density at radius 1 is 1.25 bits per heavy atom. The first kappa shape index (κ1) is 8.52. The van der Waals surface area contributed by atoms with E-state index in [4.69, 9.17) is 4.74 Å². The van der Waals surface area contributed by atoms with Gasteiger partial charge in [-0.25, -0.2) is 0 Å². The molecule has 1 heterocycles. The summed E-state index contributed by atoms with van der Waals surface area (Å²) in [6, 6.07) is 0. The van der Waals surface area contributed by atoms with Crippen LogP contribution in [0.4, 0.5) is 0 Å². The van der Waals surface area contributed by atoms with Crippen molar-refractivity contribution in [3.05, 3.63) is 0 Å². The van der Waals surface area contributed by atoms with Crippen LogP contribution in [-0.2, 0) is 4.74 Å². The lowest BCUT2D eigenvalue weighted by Gasteiger charge is -2.20. The van der Waals surface area contributed by atoms with E-state index >= 15 is 0 Å². The molecule has 1 aliphatic heterocycles. The van der Waals surface area contributed by atoms with Crippen molar-refractivity contribution in [1.29, 1.82) is 0 Å². The van der Waals surface area contributed by atoms with E-state index < -0.39 is 0 Å². The minimum absolute atomic E-state index is 0.0459. The molecular formula is C10H19NO. The molecule has 0 spiro atoms. The molecule has 70 valence electrons. The Bertz CT molecular complexity index is 163. The monoisotopic (exact) mass is 169 g/mol. The normalized spacial score (nSPS) is 39.8. The summed E-state index contributed by atoms with van der Waals surface area (Å²) in [4.78, 5) is 0. The van der Waals surface area contributed by atoms with Gasteiger partial charge in [0.05, 0.1) is 12.2 Å². The molecule has 0 unspecified atom stereocenters. The number of fused-ring (bicyclic) bond motifs is 1. The van der Waals surface area contributed by atoms with Gasteiger partial charge < -0.3 is 10.1 Å². The third-order valence-electron chi connectivity index (χ3n) is 2.98. The molecule has 0 aromatic heterocycles. The van der Waals surface area contributed by atoms with Gasteiger partial charge in [0.1, 0.15) is 0 Å². The molecule has 1 N–H and O–H groups in total. The molecule has 1 saturated heterocycles. The lowest BCUT2D eigenvalue weighted by Crippen LogP contribution is -2.23. The van der Waals surface area contributed by atoms with Crippen molar-refractivity contribution < 1.29 is 4.74 Å². The van der Waals surface area contributed by atoms with Gasteiger partial charge in [-0.2, -0.15) is 0 Å². The molecule has 2 fully saturated rings. The molecule has 0 radical (unpaired) electrons. The van der Waals surface area contributed by atoms with Crippen molar-refractivity contribution >= 4 is 0 Å². The first-order chi connectivity index (χ1) is 5.58. The number of hydrogen-bond donors (Lipinski definition) is 1. The molecule has 0 bridgehead atoms. The standard InChI is InChI=1S/C10H19NO/c1-10(2,3)12-6-9-7-4-11-5-8(7)9/h7-9,11H,4-6H2,1-3H3/t7-,8+,9+. The summed E-state index contributed by atoms with van der Waals surface area (Å²) in [5.41, 5.74) is 0.0459. The molecule has 0 aromatic rings. The third-order valence-corrected chi connectivity index (χ3v) is 2.98. The van der Waals surface area contributed by atoms with Crippen molar-refractivity contribution in [2.45, 2.75) is 26.4 Å². The minimum atomic E-state index is 0.0459. The molecule has 3 atom stereocenters. The lowest BCUT2D eigenvalue weighted by atomic mass is 10.2. The number of piperidine rings is 1. The molecule has 1 aliphatic carbocycles. The number of nitrogens with one attached hydrogen (secondary N) is 1. The zero-order valence-corrected chi connectivity index (χ0v) is 8.26. The summed E-state index contributed by atoms with van der Waals surface area (Å²) in [7, 11) is 0. The number of hydrogen-bond acceptors (Lipinski definition) is 2. The van der Waals surface area contributed by atoms with Gasteiger partial charge in [-0.3, -0.25) is 0 Å². The molecule has 0 aromatic carbocycles. The molecule has 2 heteroatoms. The van der Waals surface area contributed by atoms with Crippen LogP contribution in [0.2, 0.25) is 0 Å². The Morgan fingerprint density at radius 2 is 1.83 bits per heavy atom. The predicted molar refractivity (Wildman–Crippen MR) is 49.0 cm³/mol. The lowest BCUT2D eigenvalue weighted by molar-refractivity contribution is -0.0127. The van der Waals surface area contributed by atoms with E-state index in [0.717, 1.165) is 24.4 Å².